The predicted octanol–water partition coefficient (Wildman–Crippen LogP) is 2.88. The monoisotopic (exact) mass is 226 g/mol. The van der Waals surface area contributed by atoms with Gasteiger partial charge >= 0.3 is 0 Å². The van der Waals surface area contributed by atoms with E-state index in [1.165, 1.54) is 19.2 Å². The van der Waals surface area contributed by atoms with Crippen LogP contribution in [0.1, 0.15) is 0 Å². The van der Waals surface area contributed by atoms with Crippen molar-refractivity contribution in [3.05, 3.63) is 35.7 Å². The first-order chi connectivity index (χ1) is 7.56. The Labute approximate surface area is 89.9 Å². The van der Waals surface area contributed by atoms with Gasteiger partial charge in [0.15, 0.2) is 11.6 Å². The first kappa shape index (κ1) is 10.6. The second-order valence-electron chi connectivity index (χ2n) is 3.36. The second-order valence-corrected chi connectivity index (χ2v) is 3.36. The molecule has 0 fully saturated rings. The van der Waals surface area contributed by atoms with Crippen molar-refractivity contribution < 1.29 is 13.2 Å². The molecule has 0 aliphatic heterocycles. The standard InChI is InChI=1S/C11H9F3N2/c1-16-11-6-3-2-5(12)4-7(6)10(15)8(13)9(11)14/h2-4,16H,15H2,1H3. The van der Waals surface area contributed by atoms with Gasteiger partial charge in [0.1, 0.15) is 5.82 Å². The van der Waals surface area contributed by atoms with Gasteiger partial charge in [0.2, 0.25) is 0 Å². The topological polar surface area (TPSA) is 38.0 Å². The van der Waals surface area contributed by atoms with Crippen LogP contribution >= 0.6 is 0 Å². The van der Waals surface area contributed by atoms with Crippen LogP contribution in [0.5, 0.6) is 0 Å². The minimum Gasteiger partial charge on any atom is -0.396 e. The Kier molecular flexibility index (Phi) is 2.38. The smallest absolute Gasteiger partial charge is 0.184 e. The SMILES string of the molecule is CNc1c(F)c(F)c(N)c2cc(F)ccc12. The van der Waals surface area contributed by atoms with Crippen LogP contribution in [0.25, 0.3) is 10.8 Å². The summed E-state index contributed by atoms with van der Waals surface area (Å²) >= 11 is 0. The van der Waals surface area contributed by atoms with Gasteiger partial charge in [0.05, 0.1) is 11.4 Å². The number of nitrogen functional groups attached to an aromatic ring is 1. The van der Waals surface area contributed by atoms with E-state index in [9.17, 15) is 13.2 Å². The van der Waals surface area contributed by atoms with Gasteiger partial charge in [0.25, 0.3) is 0 Å². The maximum absolute atomic E-state index is 13.5. The van der Waals surface area contributed by atoms with Crippen molar-refractivity contribution in [2.75, 3.05) is 18.1 Å². The van der Waals surface area contributed by atoms with Crippen LogP contribution in [0.15, 0.2) is 18.2 Å². The number of hydrogen-bond donors (Lipinski definition) is 2. The average Bonchev–Trinajstić information content (AvgIpc) is 2.28. The zero-order chi connectivity index (χ0) is 11.9. The normalized spacial score (nSPS) is 10.8. The maximum Gasteiger partial charge on any atom is 0.184 e. The van der Waals surface area contributed by atoms with E-state index in [0.29, 0.717) is 5.39 Å². The molecule has 0 atom stereocenters. The molecule has 16 heavy (non-hydrogen) atoms. The fourth-order valence-corrected chi connectivity index (χ4v) is 1.67. The summed E-state index contributed by atoms with van der Waals surface area (Å²) in [7, 11) is 1.46. The van der Waals surface area contributed by atoms with E-state index in [1.54, 1.807) is 0 Å². The zero-order valence-corrected chi connectivity index (χ0v) is 8.44. The van der Waals surface area contributed by atoms with Crippen molar-refractivity contribution in [1.29, 1.82) is 0 Å². The third-order valence-electron chi connectivity index (χ3n) is 2.44. The molecule has 0 saturated carbocycles. The Balaban J connectivity index is 2.97. The number of hydrogen-bond acceptors (Lipinski definition) is 2. The van der Waals surface area contributed by atoms with Crippen LogP contribution in [-0.2, 0) is 0 Å². The molecule has 0 amide bonds. The summed E-state index contributed by atoms with van der Waals surface area (Å²) in [6.45, 7) is 0. The van der Waals surface area contributed by atoms with Crippen LogP contribution in [0.2, 0.25) is 0 Å². The highest BCUT2D eigenvalue weighted by Crippen LogP contribution is 2.34. The van der Waals surface area contributed by atoms with E-state index in [1.807, 2.05) is 0 Å². The molecule has 2 rings (SSSR count). The van der Waals surface area contributed by atoms with Gasteiger partial charge < -0.3 is 11.1 Å². The Bertz CT molecular complexity index is 567. The largest absolute Gasteiger partial charge is 0.396 e. The molecule has 0 spiro atoms. The van der Waals surface area contributed by atoms with Gasteiger partial charge in [-0.15, -0.1) is 0 Å². The summed E-state index contributed by atoms with van der Waals surface area (Å²) < 4.78 is 39.9. The van der Waals surface area contributed by atoms with Gasteiger partial charge in [-0.05, 0) is 18.2 Å². The van der Waals surface area contributed by atoms with Crippen molar-refractivity contribution in [3.63, 3.8) is 0 Å². The molecule has 2 aromatic carbocycles. The first-order valence-corrected chi connectivity index (χ1v) is 4.59. The molecule has 0 unspecified atom stereocenters. The first-order valence-electron chi connectivity index (χ1n) is 4.59. The van der Waals surface area contributed by atoms with Crippen molar-refractivity contribution >= 4 is 22.1 Å². The van der Waals surface area contributed by atoms with Crippen molar-refractivity contribution in [1.82, 2.24) is 0 Å². The van der Waals surface area contributed by atoms with E-state index in [4.69, 9.17) is 5.73 Å². The number of halogens is 3. The molecule has 2 nitrogen and oxygen atoms in total. The number of nitrogens with one attached hydrogen (secondary N) is 1. The summed E-state index contributed by atoms with van der Waals surface area (Å²) in [6.07, 6.45) is 0. The molecule has 2 aromatic rings. The van der Waals surface area contributed by atoms with E-state index in [0.717, 1.165) is 6.07 Å². The lowest BCUT2D eigenvalue weighted by molar-refractivity contribution is 0.516. The number of anilines is 2. The molecule has 0 aliphatic carbocycles. The highest BCUT2D eigenvalue weighted by molar-refractivity contribution is 6.01. The molecule has 0 saturated heterocycles. The highest BCUT2D eigenvalue weighted by atomic mass is 19.2. The average molecular weight is 226 g/mol. The van der Waals surface area contributed by atoms with Gasteiger partial charge in [-0.2, -0.15) is 0 Å². The van der Waals surface area contributed by atoms with Crippen LogP contribution in [-0.4, -0.2) is 7.05 Å². The summed E-state index contributed by atoms with van der Waals surface area (Å²) in [5.74, 6) is -2.77. The molecule has 84 valence electrons. The maximum atomic E-state index is 13.5. The summed E-state index contributed by atoms with van der Waals surface area (Å²) in [5.41, 5.74) is 4.99. The fourth-order valence-electron chi connectivity index (χ4n) is 1.67. The summed E-state index contributed by atoms with van der Waals surface area (Å²) in [5, 5.41) is 3.04. The molecule has 0 heterocycles. The summed E-state index contributed by atoms with van der Waals surface area (Å²) in [6, 6.07) is 3.60. The molecule has 0 aromatic heterocycles. The third-order valence-corrected chi connectivity index (χ3v) is 2.44. The number of benzene rings is 2. The second kappa shape index (κ2) is 3.59. The fraction of sp³-hybridized carbons (Fsp3) is 0.0909. The van der Waals surface area contributed by atoms with Gasteiger partial charge in [-0.1, -0.05) is 0 Å². The van der Waals surface area contributed by atoms with E-state index >= 15 is 0 Å². The quantitative estimate of drug-likeness (QED) is 0.734. The molecule has 0 aliphatic rings. The molecule has 5 heteroatoms. The van der Waals surface area contributed by atoms with Gasteiger partial charge in [-0.3, -0.25) is 0 Å². The number of nitrogens with two attached hydrogens (primary N) is 1. The van der Waals surface area contributed by atoms with Gasteiger partial charge in [0, 0.05) is 17.8 Å². The van der Waals surface area contributed by atoms with E-state index < -0.39 is 17.5 Å². The third kappa shape index (κ3) is 1.36. The molecule has 0 bridgehead atoms. The molecule has 3 N–H and O–H groups in total. The number of rotatable bonds is 1. The van der Waals surface area contributed by atoms with Crippen LogP contribution < -0.4 is 11.1 Å². The minimum absolute atomic E-state index is 0.0262. The summed E-state index contributed by atoms with van der Waals surface area (Å²) in [4.78, 5) is 0. The highest BCUT2D eigenvalue weighted by Gasteiger charge is 2.17. The predicted molar refractivity (Wildman–Crippen MR) is 57.8 cm³/mol. The Morgan fingerprint density at radius 3 is 2.38 bits per heavy atom. The number of fused-ring (bicyclic) bond motifs is 1. The molecular weight excluding hydrogens is 217 g/mol. The van der Waals surface area contributed by atoms with Crippen molar-refractivity contribution in [3.8, 4) is 0 Å². The Hall–Kier alpha value is -1.91. The van der Waals surface area contributed by atoms with Crippen LogP contribution in [0, 0.1) is 17.5 Å². The minimum atomic E-state index is -1.16. The lowest BCUT2D eigenvalue weighted by Gasteiger charge is -2.11. The lowest BCUT2D eigenvalue weighted by atomic mass is 10.1. The Morgan fingerprint density at radius 1 is 1.06 bits per heavy atom. The van der Waals surface area contributed by atoms with Crippen molar-refractivity contribution in [2.45, 2.75) is 0 Å². The van der Waals surface area contributed by atoms with Crippen LogP contribution in [0.3, 0.4) is 0 Å². The van der Waals surface area contributed by atoms with E-state index in [-0.39, 0.29) is 16.8 Å². The molecular formula is C11H9F3N2. The lowest BCUT2D eigenvalue weighted by Crippen LogP contribution is -2.02. The van der Waals surface area contributed by atoms with E-state index in [2.05, 4.69) is 5.32 Å². The van der Waals surface area contributed by atoms with Crippen molar-refractivity contribution in [2.24, 2.45) is 0 Å². The van der Waals surface area contributed by atoms with Crippen LogP contribution in [0.4, 0.5) is 24.5 Å². The zero-order valence-electron chi connectivity index (χ0n) is 8.44. The Morgan fingerprint density at radius 2 is 1.75 bits per heavy atom. The van der Waals surface area contributed by atoms with Gasteiger partial charge in [-0.25, -0.2) is 13.2 Å². The molecule has 0 radical (unpaired) electrons.